The molecule has 7 nitrogen and oxygen atoms in total. The van der Waals surface area contributed by atoms with Gasteiger partial charge in [0.05, 0.1) is 12.6 Å². The van der Waals surface area contributed by atoms with Crippen molar-refractivity contribution in [2.24, 2.45) is 7.05 Å². The van der Waals surface area contributed by atoms with Crippen molar-refractivity contribution in [3.8, 4) is 22.7 Å². The van der Waals surface area contributed by atoms with Crippen LogP contribution in [-0.2, 0) is 13.6 Å². The highest BCUT2D eigenvalue weighted by molar-refractivity contribution is 5.77. The molecule has 1 aromatic carbocycles. The minimum atomic E-state index is 0.377. The van der Waals surface area contributed by atoms with Crippen LogP contribution in [-0.4, -0.2) is 31.4 Å². The summed E-state index contributed by atoms with van der Waals surface area (Å²) in [6, 6.07) is 14.6. The van der Waals surface area contributed by atoms with Crippen LogP contribution in [0.25, 0.3) is 22.7 Å². The lowest BCUT2D eigenvalue weighted by Crippen LogP contribution is -2.24. The van der Waals surface area contributed by atoms with Crippen molar-refractivity contribution in [2.45, 2.75) is 32.4 Å². The van der Waals surface area contributed by atoms with E-state index in [4.69, 9.17) is 8.94 Å². The van der Waals surface area contributed by atoms with Crippen LogP contribution in [0, 0.1) is 6.92 Å². The average Bonchev–Trinajstić information content (AvgIpc) is 3.51. The monoisotopic (exact) mass is 389 g/mol. The summed E-state index contributed by atoms with van der Waals surface area (Å²) in [5, 5.41) is 12.8. The summed E-state index contributed by atoms with van der Waals surface area (Å²) in [7, 11) is 2.09. The van der Waals surface area contributed by atoms with Crippen LogP contribution in [0.15, 0.2) is 57.6 Å². The van der Waals surface area contributed by atoms with E-state index in [0.717, 1.165) is 29.8 Å². The lowest BCUT2D eigenvalue weighted by atomic mass is 10.1. The summed E-state index contributed by atoms with van der Waals surface area (Å²) in [5.74, 6) is 1.73. The Labute approximate surface area is 168 Å². The highest BCUT2D eigenvalue weighted by atomic mass is 16.5. The van der Waals surface area contributed by atoms with E-state index in [1.165, 1.54) is 12.1 Å². The topological polar surface area (TPSA) is 73.1 Å². The molecule has 0 bridgehead atoms. The van der Waals surface area contributed by atoms with Crippen LogP contribution in [0.3, 0.4) is 0 Å². The molecule has 0 saturated carbocycles. The van der Waals surface area contributed by atoms with Gasteiger partial charge in [-0.2, -0.15) is 0 Å². The first-order chi connectivity index (χ1) is 14.2. The summed E-state index contributed by atoms with van der Waals surface area (Å²) < 4.78 is 13.7. The zero-order chi connectivity index (χ0) is 19.8. The second-order valence-electron chi connectivity index (χ2n) is 7.50. The molecule has 4 heterocycles. The SMILES string of the molecule is Cc1onc(-c2ccccc2)c1-c1nnc(CN2CCCC2c2cccn2C)o1. The van der Waals surface area contributed by atoms with E-state index in [-0.39, 0.29) is 0 Å². The van der Waals surface area contributed by atoms with Crippen molar-refractivity contribution >= 4 is 0 Å². The molecule has 4 aromatic rings. The fourth-order valence-electron chi connectivity index (χ4n) is 4.18. The highest BCUT2D eigenvalue weighted by Gasteiger charge is 2.29. The Balaban J connectivity index is 1.41. The summed E-state index contributed by atoms with van der Waals surface area (Å²) in [6.45, 7) is 3.52. The van der Waals surface area contributed by atoms with E-state index in [1.54, 1.807) is 0 Å². The van der Waals surface area contributed by atoms with Gasteiger partial charge in [0, 0.05) is 24.5 Å². The van der Waals surface area contributed by atoms with E-state index in [2.05, 4.69) is 50.2 Å². The maximum atomic E-state index is 6.06. The average molecular weight is 389 g/mol. The quantitative estimate of drug-likeness (QED) is 0.504. The standard InChI is InChI=1S/C22H23N5O2/c1-15-20(21(25-29-15)16-8-4-3-5-9-16)22-24-23-19(28-22)14-27-13-7-11-18(27)17-10-6-12-26(17)2/h3-6,8-10,12,18H,7,11,13-14H2,1-2H3. The number of benzene rings is 1. The van der Waals surface area contributed by atoms with Crippen molar-refractivity contribution < 1.29 is 8.94 Å². The predicted octanol–water partition coefficient (Wildman–Crippen LogP) is 4.38. The van der Waals surface area contributed by atoms with Gasteiger partial charge in [0.2, 0.25) is 5.89 Å². The van der Waals surface area contributed by atoms with Gasteiger partial charge in [-0.3, -0.25) is 4.90 Å². The second kappa shape index (κ2) is 7.33. The summed E-state index contributed by atoms with van der Waals surface area (Å²) in [6.07, 6.45) is 4.40. The molecule has 1 saturated heterocycles. The van der Waals surface area contributed by atoms with Gasteiger partial charge in [-0.1, -0.05) is 35.5 Å². The van der Waals surface area contributed by atoms with E-state index in [9.17, 15) is 0 Å². The third-order valence-electron chi connectivity index (χ3n) is 5.62. The molecule has 0 N–H and O–H groups in total. The molecule has 1 aliphatic rings. The fraction of sp³-hybridized carbons (Fsp3) is 0.318. The zero-order valence-corrected chi connectivity index (χ0v) is 16.6. The number of rotatable bonds is 5. The van der Waals surface area contributed by atoms with Gasteiger partial charge >= 0.3 is 0 Å². The number of hydrogen-bond donors (Lipinski definition) is 0. The lowest BCUT2D eigenvalue weighted by molar-refractivity contribution is 0.218. The predicted molar refractivity (Wildman–Crippen MR) is 108 cm³/mol. The van der Waals surface area contributed by atoms with Crippen molar-refractivity contribution in [1.82, 2.24) is 24.8 Å². The summed E-state index contributed by atoms with van der Waals surface area (Å²) in [4.78, 5) is 2.41. The maximum Gasteiger partial charge on any atom is 0.253 e. The van der Waals surface area contributed by atoms with Gasteiger partial charge in [0.1, 0.15) is 17.0 Å². The van der Waals surface area contributed by atoms with E-state index in [0.29, 0.717) is 30.1 Å². The molecule has 1 fully saturated rings. The normalized spacial score (nSPS) is 17.2. The molecule has 1 unspecified atom stereocenters. The Morgan fingerprint density at radius 2 is 1.97 bits per heavy atom. The first-order valence-corrected chi connectivity index (χ1v) is 9.90. The van der Waals surface area contributed by atoms with Crippen molar-refractivity contribution in [2.75, 3.05) is 6.54 Å². The van der Waals surface area contributed by atoms with Crippen LogP contribution in [0.1, 0.15) is 36.2 Å². The minimum Gasteiger partial charge on any atom is -0.419 e. The molecule has 0 aliphatic carbocycles. The molecule has 0 radical (unpaired) electrons. The van der Waals surface area contributed by atoms with Crippen LogP contribution in [0.5, 0.6) is 0 Å². The Kier molecular flexibility index (Phi) is 4.52. The van der Waals surface area contributed by atoms with E-state index >= 15 is 0 Å². The van der Waals surface area contributed by atoms with Crippen molar-refractivity contribution in [3.05, 3.63) is 66.0 Å². The minimum absolute atomic E-state index is 0.377. The van der Waals surface area contributed by atoms with Crippen LogP contribution >= 0.6 is 0 Å². The molecule has 3 aromatic heterocycles. The number of nitrogens with zero attached hydrogens (tertiary/aromatic N) is 5. The Bertz CT molecular complexity index is 1110. The van der Waals surface area contributed by atoms with Gasteiger partial charge in [0.25, 0.3) is 5.89 Å². The smallest absolute Gasteiger partial charge is 0.253 e. The molecule has 1 atom stereocenters. The largest absolute Gasteiger partial charge is 0.419 e. The number of hydrogen-bond acceptors (Lipinski definition) is 6. The molecule has 29 heavy (non-hydrogen) atoms. The van der Waals surface area contributed by atoms with Crippen LogP contribution in [0.4, 0.5) is 0 Å². The van der Waals surface area contributed by atoms with Gasteiger partial charge in [0.15, 0.2) is 0 Å². The summed E-state index contributed by atoms with van der Waals surface area (Å²) in [5.41, 5.74) is 3.77. The molecular weight excluding hydrogens is 366 g/mol. The Hall–Kier alpha value is -3.19. The van der Waals surface area contributed by atoms with Crippen LogP contribution < -0.4 is 0 Å². The Morgan fingerprint density at radius 1 is 1.10 bits per heavy atom. The summed E-state index contributed by atoms with van der Waals surface area (Å²) >= 11 is 0. The first kappa shape index (κ1) is 17.9. The van der Waals surface area contributed by atoms with Gasteiger partial charge in [-0.25, -0.2) is 0 Å². The van der Waals surface area contributed by atoms with Gasteiger partial charge in [-0.05, 0) is 38.4 Å². The molecule has 7 heteroatoms. The van der Waals surface area contributed by atoms with Gasteiger partial charge < -0.3 is 13.5 Å². The molecular formula is C22H23N5O2. The fourth-order valence-corrected chi connectivity index (χ4v) is 4.18. The van der Waals surface area contributed by atoms with E-state index < -0.39 is 0 Å². The second-order valence-corrected chi connectivity index (χ2v) is 7.50. The number of aromatic nitrogens is 4. The van der Waals surface area contributed by atoms with Gasteiger partial charge in [-0.15, -0.1) is 10.2 Å². The van der Waals surface area contributed by atoms with E-state index in [1.807, 2.05) is 37.3 Å². The first-order valence-electron chi connectivity index (χ1n) is 9.90. The molecule has 0 amide bonds. The highest BCUT2D eigenvalue weighted by Crippen LogP contribution is 2.35. The zero-order valence-electron chi connectivity index (χ0n) is 16.6. The Morgan fingerprint density at radius 3 is 2.76 bits per heavy atom. The lowest BCUT2D eigenvalue weighted by Gasteiger charge is -2.23. The van der Waals surface area contributed by atoms with Crippen molar-refractivity contribution in [1.29, 1.82) is 0 Å². The molecule has 5 rings (SSSR count). The third-order valence-corrected chi connectivity index (χ3v) is 5.62. The molecule has 148 valence electrons. The number of likely N-dealkylation sites (tertiary alicyclic amines) is 1. The third kappa shape index (κ3) is 3.27. The maximum absolute atomic E-state index is 6.06. The molecule has 1 aliphatic heterocycles. The van der Waals surface area contributed by atoms with Crippen molar-refractivity contribution in [3.63, 3.8) is 0 Å². The molecule has 0 spiro atoms. The number of aryl methyl sites for hydroxylation is 2. The van der Waals surface area contributed by atoms with Crippen LogP contribution in [0.2, 0.25) is 0 Å².